The van der Waals surface area contributed by atoms with E-state index < -0.39 is 0 Å². The Hall–Kier alpha value is -2.93. The Morgan fingerprint density at radius 3 is 2.38 bits per heavy atom. The first kappa shape index (κ1) is 22.3. The lowest BCUT2D eigenvalue weighted by Crippen LogP contribution is -2.20. The average Bonchev–Trinajstić information content (AvgIpc) is 3.24. The number of benzene rings is 2. The van der Waals surface area contributed by atoms with Crippen LogP contribution in [0.25, 0.3) is 11.4 Å². The number of amides is 1. The topological polar surface area (TPSA) is 72.2 Å². The first-order valence-corrected chi connectivity index (χ1v) is 12.1. The molecule has 1 N–H and O–H groups in total. The van der Waals surface area contributed by atoms with Crippen molar-refractivity contribution in [2.75, 3.05) is 5.75 Å². The molecule has 7 heteroatoms. The Balaban J connectivity index is 1.44. The highest BCUT2D eigenvalue weighted by atomic mass is 32.2. The van der Waals surface area contributed by atoms with E-state index in [1.54, 1.807) is 6.21 Å². The van der Waals surface area contributed by atoms with Gasteiger partial charge < -0.3 is 0 Å². The van der Waals surface area contributed by atoms with E-state index in [0.717, 1.165) is 34.9 Å². The van der Waals surface area contributed by atoms with Crippen molar-refractivity contribution in [1.82, 2.24) is 20.2 Å². The summed E-state index contributed by atoms with van der Waals surface area (Å²) in [7, 11) is 0. The highest BCUT2D eigenvalue weighted by molar-refractivity contribution is 7.99. The molecule has 6 nitrogen and oxygen atoms in total. The van der Waals surface area contributed by atoms with Crippen molar-refractivity contribution in [3.63, 3.8) is 0 Å². The number of rotatable bonds is 7. The summed E-state index contributed by atoms with van der Waals surface area (Å²) < 4.78 is 2.25. The number of thioether (sulfide) groups is 1. The number of aryl methyl sites for hydroxylation is 2. The second-order valence-electron chi connectivity index (χ2n) is 8.33. The minimum Gasteiger partial charge on any atom is -0.299 e. The van der Waals surface area contributed by atoms with Gasteiger partial charge in [0.1, 0.15) is 0 Å². The van der Waals surface area contributed by atoms with Crippen LogP contribution in [0.15, 0.2) is 58.8 Å². The van der Waals surface area contributed by atoms with Gasteiger partial charge in [0.15, 0.2) is 11.0 Å². The molecule has 1 aliphatic carbocycles. The van der Waals surface area contributed by atoms with Crippen LogP contribution in [0.5, 0.6) is 0 Å². The summed E-state index contributed by atoms with van der Waals surface area (Å²) >= 11 is 1.42. The van der Waals surface area contributed by atoms with Crippen molar-refractivity contribution in [3.8, 4) is 11.4 Å². The van der Waals surface area contributed by atoms with E-state index in [4.69, 9.17) is 0 Å². The fourth-order valence-corrected chi connectivity index (χ4v) is 4.73. The number of hydrogen-bond acceptors (Lipinski definition) is 5. The number of hydrazone groups is 1. The number of aromatic nitrogens is 3. The van der Waals surface area contributed by atoms with E-state index >= 15 is 0 Å². The zero-order valence-corrected chi connectivity index (χ0v) is 19.4. The van der Waals surface area contributed by atoms with Gasteiger partial charge in [0.05, 0.1) is 12.0 Å². The Morgan fingerprint density at radius 1 is 1.03 bits per heavy atom. The third-order valence-corrected chi connectivity index (χ3v) is 6.67. The summed E-state index contributed by atoms with van der Waals surface area (Å²) in [4.78, 5) is 12.4. The third-order valence-electron chi connectivity index (χ3n) is 5.73. The molecular weight excluding hydrogens is 418 g/mol. The number of nitrogens with one attached hydrogen (secondary N) is 1. The highest BCUT2D eigenvalue weighted by Gasteiger charge is 2.24. The fraction of sp³-hybridized carbons (Fsp3) is 0.360. The molecule has 0 spiro atoms. The second-order valence-corrected chi connectivity index (χ2v) is 9.27. The van der Waals surface area contributed by atoms with E-state index in [-0.39, 0.29) is 11.7 Å². The molecule has 1 fully saturated rings. The van der Waals surface area contributed by atoms with Crippen LogP contribution in [0.1, 0.15) is 54.8 Å². The molecule has 3 aromatic rings. The van der Waals surface area contributed by atoms with Crippen molar-refractivity contribution in [2.45, 2.75) is 57.1 Å². The zero-order chi connectivity index (χ0) is 22.3. The maximum absolute atomic E-state index is 12.4. The monoisotopic (exact) mass is 447 g/mol. The van der Waals surface area contributed by atoms with E-state index in [2.05, 4.69) is 56.5 Å². The van der Waals surface area contributed by atoms with Gasteiger partial charge in [-0.2, -0.15) is 5.10 Å². The van der Waals surface area contributed by atoms with Crippen molar-refractivity contribution in [2.24, 2.45) is 5.10 Å². The smallest absolute Gasteiger partial charge is 0.250 e. The molecule has 0 aliphatic heterocycles. The van der Waals surface area contributed by atoms with Gasteiger partial charge in [-0.3, -0.25) is 9.36 Å². The molecule has 1 amide bonds. The molecule has 0 saturated heterocycles. The van der Waals surface area contributed by atoms with Crippen molar-refractivity contribution in [3.05, 3.63) is 65.2 Å². The fourth-order valence-electron chi connectivity index (χ4n) is 3.94. The summed E-state index contributed by atoms with van der Waals surface area (Å²) in [5.74, 6) is 0.968. The summed E-state index contributed by atoms with van der Waals surface area (Å²) in [6.07, 6.45) is 7.61. The number of nitrogens with zero attached hydrogens (tertiary/aromatic N) is 4. The van der Waals surface area contributed by atoms with Gasteiger partial charge in [-0.05, 0) is 32.3 Å². The highest BCUT2D eigenvalue weighted by Crippen LogP contribution is 2.35. The van der Waals surface area contributed by atoms with Gasteiger partial charge in [0, 0.05) is 11.6 Å². The second kappa shape index (κ2) is 10.6. The lowest BCUT2D eigenvalue weighted by molar-refractivity contribution is -0.118. The Labute approximate surface area is 193 Å². The van der Waals surface area contributed by atoms with E-state index in [9.17, 15) is 4.79 Å². The number of carbonyl (C=O) groups excluding carboxylic acids is 1. The van der Waals surface area contributed by atoms with Crippen LogP contribution >= 0.6 is 11.8 Å². The van der Waals surface area contributed by atoms with Crippen LogP contribution in [0.2, 0.25) is 0 Å². The normalized spacial score (nSPS) is 14.7. The summed E-state index contributed by atoms with van der Waals surface area (Å²) in [6, 6.07) is 16.7. The lowest BCUT2D eigenvalue weighted by Gasteiger charge is -2.25. The molecule has 1 aliphatic rings. The molecule has 1 aromatic heterocycles. The Morgan fingerprint density at radius 2 is 1.69 bits per heavy atom. The van der Waals surface area contributed by atoms with Gasteiger partial charge in [-0.15, -0.1) is 10.2 Å². The predicted octanol–water partition coefficient (Wildman–Crippen LogP) is 5.31. The standard InChI is InChI=1S/C25H29N5OS/c1-18-8-12-20(13-9-18)16-26-27-23(31)17-32-25-29-28-24(21-14-10-19(2)11-15-21)30(25)22-6-4-3-5-7-22/h8-16,22H,3-7,17H2,1-2H3,(H,27,31). The molecule has 1 heterocycles. The van der Waals surface area contributed by atoms with Crippen molar-refractivity contribution in [1.29, 1.82) is 0 Å². The lowest BCUT2D eigenvalue weighted by atomic mass is 9.95. The van der Waals surface area contributed by atoms with Gasteiger partial charge in [0.2, 0.25) is 0 Å². The molecule has 0 unspecified atom stereocenters. The minimum absolute atomic E-state index is 0.159. The average molecular weight is 448 g/mol. The summed E-state index contributed by atoms with van der Waals surface area (Å²) in [6.45, 7) is 4.12. The zero-order valence-electron chi connectivity index (χ0n) is 18.6. The quantitative estimate of drug-likeness (QED) is 0.303. The van der Waals surface area contributed by atoms with Crippen LogP contribution in [0.4, 0.5) is 0 Å². The first-order chi connectivity index (χ1) is 15.6. The molecule has 2 aromatic carbocycles. The summed E-state index contributed by atoms with van der Waals surface area (Å²) in [5, 5.41) is 13.8. The van der Waals surface area contributed by atoms with Gasteiger partial charge in [0.25, 0.3) is 5.91 Å². The largest absolute Gasteiger partial charge is 0.299 e. The van der Waals surface area contributed by atoms with Gasteiger partial charge in [-0.1, -0.05) is 90.7 Å². The van der Waals surface area contributed by atoms with Crippen LogP contribution in [-0.4, -0.2) is 32.6 Å². The molecule has 1 saturated carbocycles. The molecule has 4 rings (SSSR count). The number of hydrogen-bond donors (Lipinski definition) is 1. The Kier molecular flexibility index (Phi) is 7.37. The molecule has 32 heavy (non-hydrogen) atoms. The van der Waals surface area contributed by atoms with E-state index in [1.807, 2.05) is 31.2 Å². The predicted molar refractivity (Wildman–Crippen MR) is 130 cm³/mol. The molecule has 0 atom stereocenters. The summed E-state index contributed by atoms with van der Waals surface area (Å²) in [5.41, 5.74) is 7.03. The van der Waals surface area contributed by atoms with Crippen LogP contribution in [0.3, 0.4) is 0 Å². The third kappa shape index (κ3) is 5.65. The maximum atomic E-state index is 12.4. The van der Waals surface area contributed by atoms with E-state index in [1.165, 1.54) is 42.2 Å². The maximum Gasteiger partial charge on any atom is 0.250 e. The minimum atomic E-state index is -0.159. The van der Waals surface area contributed by atoms with Crippen LogP contribution in [0, 0.1) is 13.8 Å². The van der Waals surface area contributed by atoms with Gasteiger partial charge in [-0.25, -0.2) is 5.43 Å². The molecule has 166 valence electrons. The van der Waals surface area contributed by atoms with Crippen molar-refractivity contribution >= 4 is 23.9 Å². The number of carbonyl (C=O) groups is 1. The molecule has 0 bridgehead atoms. The van der Waals surface area contributed by atoms with Crippen LogP contribution in [-0.2, 0) is 4.79 Å². The van der Waals surface area contributed by atoms with Crippen LogP contribution < -0.4 is 5.43 Å². The molecule has 0 radical (unpaired) electrons. The first-order valence-electron chi connectivity index (χ1n) is 11.1. The van der Waals surface area contributed by atoms with E-state index in [0.29, 0.717) is 6.04 Å². The van der Waals surface area contributed by atoms with Crippen molar-refractivity contribution < 1.29 is 4.79 Å². The Bertz CT molecular complexity index is 1070. The van der Waals surface area contributed by atoms with Gasteiger partial charge >= 0.3 is 0 Å². The SMILES string of the molecule is Cc1ccc(C=NNC(=O)CSc2nnc(-c3ccc(C)cc3)n2C2CCCCC2)cc1. The molecular formula is C25H29N5OS.